The molecule has 158 valence electrons. The summed E-state index contributed by atoms with van der Waals surface area (Å²) < 4.78 is 10.6. The Bertz CT molecular complexity index is 993. The molecule has 0 bridgehead atoms. The summed E-state index contributed by atoms with van der Waals surface area (Å²) in [5.41, 5.74) is 1.96. The number of rotatable bonds is 6. The number of amides is 1. The number of aliphatic hydroxyl groups is 2. The first-order valence-electron chi connectivity index (χ1n) is 9.54. The number of β-amino-alcohol motifs (C(OH)–C–C–N with tert-alkyl or cyclic N) is 1. The topological polar surface area (TPSA) is 96.3 Å². The molecule has 0 unspecified atom stereocenters. The lowest BCUT2D eigenvalue weighted by molar-refractivity contribution is -0.140. The summed E-state index contributed by atoms with van der Waals surface area (Å²) >= 11 is 0. The number of hydrogen-bond acceptors (Lipinski definition) is 6. The Kier molecular flexibility index (Phi) is 6.12. The van der Waals surface area contributed by atoms with Crippen molar-refractivity contribution in [2.75, 3.05) is 20.8 Å². The molecule has 1 aliphatic heterocycles. The summed E-state index contributed by atoms with van der Waals surface area (Å²) in [4.78, 5) is 26.9. The number of aryl methyl sites for hydroxylation is 1. The highest BCUT2D eigenvalue weighted by Gasteiger charge is 2.46. The van der Waals surface area contributed by atoms with Crippen LogP contribution in [-0.4, -0.2) is 53.7 Å². The quantitative estimate of drug-likeness (QED) is 0.431. The molecule has 0 radical (unpaired) electrons. The highest BCUT2D eigenvalue weighted by Crippen LogP contribution is 2.42. The van der Waals surface area contributed by atoms with E-state index in [1.54, 1.807) is 30.3 Å². The zero-order chi connectivity index (χ0) is 22.0. The Morgan fingerprint density at radius 2 is 1.70 bits per heavy atom. The van der Waals surface area contributed by atoms with E-state index < -0.39 is 23.8 Å². The van der Waals surface area contributed by atoms with Gasteiger partial charge in [-0.25, -0.2) is 0 Å². The van der Waals surface area contributed by atoms with Crippen molar-refractivity contribution in [2.45, 2.75) is 26.0 Å². The number of carbonyl (C=O) groups is 2. The maximum atomic E-state index is 12.9. The fraction of sp³-hybridized carbons (Fsp3) is 0.304. The zero-order valence-electron chi connectivity index (χ0n) is 17.4. The van der Waals surface area contributed by atoms with Gasteiger partial charge >= 0.3 is 0 Å². The van der Waals surface area contributed by atoms with Crippen molar-refractivity contribution < 1.29 is 29.3 Å². The third-order valence-corrected chi connectivity index (χ3v) is 5.05. The Morgan fingerprint density at radius 1 is 1.07 bits per heavy atom. The molecule has 1 aliphatic rings. The van der Waals surface area contributed by atoms with E-state index >= 15 is 0 Å². The highest BCUT2D eigenvalue weighted by atomic mass is 16.5. The van der Waals surface area contributed by atoms with Gasteiger partial charge in [0.2, 0.25) is 0 Å². The summed E-state index contributed by atoms with van der Waals surface area (Å²) in [5.74, 6) is -0.917. The van der Waals surface area contributed by atoms with Crippen LogP contribution in [0.25, 0.3) is 5.76 Å². The number of ether oxygens (including phenoxy) is 2. The van der Waals surface area contributed by atoms with Gasteiger partial charge in [-0.05, 0) is 31.5 Å². The van der Waals surface area contributed by atoms with Gasteiger partial charge in [0.05, 0.1) is 31.9 Å². The Balaban J connectivity index is 2.21. The average molecular weight is 411 g/mol. The van der Waals surface area contributed by atoms with Crippen LogP contribution >= 0.6 is 0 Å². The van der Waals surface area contributed by atoms with Crippen LogP contribution < -0.4 is 9.47 Å². The Labute approximate surface area is 175 Å². The number of benzene rings is 2. The van der Waals surface area contributed by atoms with Crippen LogP contribution in [0.2, 0.25) is 0 Å². The van der Waals surface area contributed by atoms with Gasteiger partial charge in [0, 0.05) is 12.1 Å². The SMILES string of the molecule is COc1ccc([C@H]2C(=C(O)c3ccc(C)cc3)C(=O)C(=O)N2C[C@H](C)O)cc1OC. The summed E-state index contributed by atoms with van der Waals surface area (Å²) in [6.07, 6.45) is -0.856. The molecule has 2 aromatic rings. The monoisotopic (exact) mass is 411 g/mol. The second kappa shape index (κ2) is 8.59. The third-order valence-electron chi connectivity index (χ3n) is 5.05. The second-order valence-corrected chi connectivity index (χ2v) is 7.28. The van der Waals surface area contributed by atoms with Gasteiger partial charge < -0.3 is 24.6 Å². The molecule has 0 saturated carbocycles. The van der Waals surface area contributed by atoms with Gasteiger partial charge in [-0.15, -0.1) is 0 Å². The third kappa shape index (κ3) is 3.89. The number of aliphatic hydroxyl groups excluding tert-OH is 2. The molecule has 2 N–H and O–H groups in total. The summed E-state index contributed by atoms with van der Waals surface area (Å²) in [6.45, 7) is 3.38. The molecule has 30 heavy (non-hydrogen) atoms. The molecule has 3 rings (SSSR count). The maximum Gasteiger partial charge on any atom is 0.295 e. The van der Waals surface area contributed by atoms with Crippen LogP contribution in [0.5, 0.6) is 11.5 Å². The summed E-state index contributed by atoms with van der Waals surface area (Å²) in [5, 5.41) is 20.9. The minimum absolute atomic E-state index is 0.0308. The van der Waals surface area contributed by atoms with Crippen LogP contribution in [0.3, 0.4) is 0 Å². The molecule has 2 aromatic carbocycles. The van der Waals surface area contributed by atoms with Crippen molar-refractivity contribution >= 4 is 17.4 Å². The molecule has 0 aromatic heterocycles. The molecule has 1 amide bonds. The fourth-order valence-corrected chi connectivity index (χ4v) is 3.59. The molecule has 1 fully saturated rings. The van der Waals surface area contributed by atoms with E-state index in [4.69, 9.17) is 9.47 Å². The average Bonchev–Trinajstić information content (AvgIpc) is 2.97. The first-order chi connectivity index (χ1) is 14.3. The molecule has 1 saturated heterocycles. The summed E-state index contributed by atoms with van der Waals surface area (Å²) in [6, 6.07) is 11.2. The van der Waals surface area contributed by atoms with Crippen molar-refractivity contribution in [1.29, 1.82) is 0 Å². The number of nitrogens with zero attached hydrogens (tertiary/aromatic N) is 1. The van der Waals surface area contributed by atoms with Crippen LogP contribution in [0, 0.1) is 6.92 Å². The van der Waals surface area contributed by atoms with Gasteiger partial charge in [-0.3, -0.25) is 9.59 Å². The lowest BCUT2D eigenvalue weighted by Gasteiger charge is -2.27. The van der Waals surface area contributed by atoms with Gasteiger partial charge in [0.25, 0.3) is 11.7 Å². The first kappa shape index (κ1) is 21.4. The molecule has 1 heterocycles. The zero-order valence-corrected chi connectivity index (χ0v) is 17.4. The van der Waals surface area contributed by atoms with E-state index in [0.717, 1.165) is 5.56 Å². The second-order valence-electron chi connectivity index (χ2n) is 7.28. The summed E-state index contributed by atoms with van der Waals surface area (Å²) in [7, 11) is 3.00. The number of likely N-dealkylation sites (tertiary alicyclic amines) is 1. The van der Waals surface area contributed by atoms with Crippen LogP contribution in [0.15, 0.2) is 48.0 Å². The molecule has 7 heteroatoms. The van der Waals surface area contributed by atoms with Crippen molar-refractivity contribution in [3.63, 3.8) is 0 Å². The van der Waals surface area contributed by atoms with Crippen molar-refractivity contribution in [2.24, 2.45) is 0 Å². The first-order valence-corrected chi connectivity index (χ1v) is 9.54. The smallest absolute Gasteiger partial charge is 0.295 e. The van der Waals surface area contributed by atoms with E-state index in [1.165, 1.54) is 26.0 Å². The van der Waals surface area contributed by atoms with Gasteiger partial charge in [0.15, 0.2) is 11.5 Å². The lowest BCUT2D eigenvalue weighted by atomic mass is 9.94. The van der Waals surface area contributed by atoms with E-state index in [-0.39, 0.29) is 17.9 Å². The van der Waals surface area contributed by atoms with Gasteiger partial charge in [-0.2, -0.15) is 0 Å². The van der Waals surface area contributed by atoms with Gasteiger partial charge in [0.1, 0.15) is 5.76 Å². The van der Waals surface area contributed by atoms with E-state index in [9.17, 15) is 19.8 Å². The van der Waals surface area contributed by atoms with Gasteiger partial charge in [-0.1, -0.05) is 35.9 Å². The van der Waals surface area contributed by atoms with Crippen LogP contribution in [0.4, 0.5) is 0 Å². The van der Waals surface area contributed by atoms with Crippen LogP contribution in [0.1, 0.15) is 29.7 Å². The largest absolute Gasteiger partial charge is 0.507 e. The Hall–Kier alpha value is -3.32. The van der Waals surface area contributed by atoms with Crippen molar-refractivity contribution in [3.05, 3.63) is 64.7 Å². The molecule has 7 nitrogen and oxygen atoms in total. The highest BCUT2D eigenvalue weighted by molar-refractivity contribution is 6.46. The van der Waals surface area contributed by atoms with E-state index in [0.29, 0.717) is 22.6 Å². The van der Waals surface area contributed by atoms with E-state index in [1.807, 2.05) is 19.1 Å². The molecular weight excluding hydrogens is 386 g/mol. The predicted octanol–water partition coefficient (Wildman–Crippen LogP) is 2.81. The van der Waals surface area contributed by atoms with Crippen LogP contribution in [-0.2, 0) is 9.59 Å². The number of hydrogen-bond donors (Lipinski definition) is 2. The van der Waals surface area contributed by atoms with Crippen molar-refractivity contribution in [1.82, 2.24) is 4.90 Å². The molecule has 0 spiro atoms. The minimum atomic E-state index is -0.874. The minimum Gasteiger partial charge on any atom is -0.507 e. The number of methoxy groups -OCH3 is 2. The number of ketones is 1. The standard InChI is InChI=1S/C23H25NO6/c1-13-5-7-15(8-6-13)21(26)19-20(24(12-14(2)25)23(28)22(19)27)16-9-10-17(29-3)18(11-16)30-4/h5-11,14,20,25-26H,12H2,1-4H3/t14-,20-/m0/s1. The maximum absolute atomic E-state index is 12.9. The lowest BCUT2D eigenvalue weighted by Crippen LogP contribution is -2.35. The molecular formula is C23H25NO6. The molecule has 0 aliphatic carbocycles. The fourth-order valence-electron chi connectivity index (χ4n) is 3.59. The molecule has 2 atom stereocenters. The van der Waals surface area contributed by atoms with Crippen molar-refractivity contribution in [3.8, 4) is 11.5 Å². The number of carbonyl (C=O) groups excluding carboxylic acids is 2. The van der Waals surface area contributed by atoms with E-state index in [2.05, 4.69) is 0 Å². The number of Topliss-reactive ketones (excluding diaryl/α,β-unsaturated/α-hetero) is 1. The Morgan fingerprint density at radius 3 is 2.27 bits per heavy atom. The normalized spacial score (nSPS) is 19.1. The predicted molar refractivity (Wildman–Crippen MR) is 111 cm³/mol.